The summed E-state index contributed by atoms with van der Waals surface area (Å²) in [4.78, 5) is 4.67. The molecule has 0 fully saturated rings. The molecule has 0 aliphatic carbocycles. The number of hydrogen-bond donors (Lipinski definition) is 1. The summed E-state index contributed by atoms with van der Waals surface area (Å²) in [6, 6.07) is 0. The summed E-state index contributed by atoms with van der Waals surface area (Å²) in [7, 11) is 0. The Morgan fingerprint density at radius 3 is 2.44 bits per heavy atom. The Kier molecular flexibility index (Phi) is 8.32. The largest absolute Gasteiger partial charge is 0.391 e. The number of aliphatic hydroxyl groups excluding tert-OH is 1. The Hall–Kier alpha value is 0.170. The zero-order valence-electron chi connectivity index (χ0n) is 4.48. The van der Waals surface area contributed by atoms with Gasteiger partial charge < -0.3 is 5.11 Å². The summed E-state index contributed by atoms with van der Waals surface area (Å²) in [6.07, 6.45) is 1.66. The van der Waals surface area contributed by atoms with Crippen molar-refractivity contribution in [3.05, 3.63) is 16.6 Å². The molecule has 0 unspecified atom stereocenters. The summed E-state index contributed by atoms with van der Waals surface area (Å²) in [5, 5.41) is 8.40. The second-order valence-corrected chi connectivity index (χ2v) is 2.10. The van der Waals surface area contributed by atoms with E-state index in [4.69, 9.17) is 5.11 Å². The molecule has 0 amide bonds. The molecule has 0 aromatic carbocycles. The van der Waals surface area contributed by atoms with Gasteiger partial charge in [0.2, 0.25) is 0 Å². The van der Waals surface area contributed by atoms with Crippen LogP contribution in [0.4, 0.5) is 0 Å². The van der Waals surface area contributed by atoms with Gasteiger partial charge in [-0.05, 0) is 0 Å². The summed E-state index contributed by atoms with van der Waals surface area (Å²) < 4.78 is 0. The average molecular weight is 188 g/mol. The number of nitrogens with zero attached hydrogens (tertiary/aromatic N) is 1. The smallest absolute Gasteiger partial charge is 0.0795 e. The third-order valence-electron chi connectivity index (χ3n) is 0.639. The van der Waals surface area contributed by atoms with E-state index < -0.39 is 0 Å². The Balaban J connectivity index is 0. The predicted molar refractivity (Wildman–Crippen MR) is 42.5 cm³/mol. The highest BCUT2D eigenvalue weighted by atomic mass is 35.5. The highest BCUT2D eigenvalue weighted by Gasteiger charge is 1.85. The van der Waals surface area contributed by atoms with E-state index in [9.17, 15) is 0 Å². The molecule has 9 heavy (non-hydrogen) atoms. The lowest BCUT2D eigenvalue weighted by molar-refractivity contribution is 0.285. The number of aromatic nitrogens is 1. The van der Waals surface area contributed by atoms with E-state index in [0.29, 0.717) is 0 Å². The number of thiazole rings is 1. The van der Waals surface area contributed by atoms with E-state index in [2.05, 4.69) is 4.98 Å². The van der Waals surface area contributed by atoms with E-state index in [1.165, 1.54) is 11.3 Å². The molecule has 2 nitrogen and oxygen atoms in total. The maximum absolute atomic E-state index is 8.40. The van der Waals surface area contributed by atoms with Gasteiger partial charge in [0.05, 0.1) is 12.1 Å². The number of halogens is 2. The fraction of sp³-hybridized carbons (Fsp3) is 0.250. The summed E-state index contributed by atoms with van der Waals surface area (Å²) in [6.45, 7) is 0.116. The van der Waals surface area contributed by atoms with Crippen molar-refractivity contribution in [2.45, 2.75) is 6.61 Å². The summed E-state index contributed by atoms with van der Waals surface area (Å²) in [5.74, 6) is 0. The first kappa shape index (κ1) is 11.9. The minimum Gasteiger partial charge on any atom is -0.391 e. The van der Waals surface area contributed by atoms with Crippen molar-refractivity contribution in [1.82, 2.24) is 4.98 Å². The SMILES string of the molecule is Cl.Cl.OCc1cncs1. The molecule has 1 N–H and O–H groups in total. The molecule has 1 aromatic rings. The first-order valence-corrected chi connectivity index (χ1v) is 2.79. The quantitative estimate of drug-likeness (QED) is 0.723. The van der Waals surface area contributed by atoms with Gasteiger partial charge in [-0.2, -0.15) is 0 Å². The average Bonchev–Trinajstić information content (AvgIpc) is 2.14. The van der Waals surface area contributed by atoms with Gasteiger partial charge in [0, 0.05) is 11.1 Å². The van der Waals surface area contributed by atoms with Gasteiger partial charge in [0.1, 0.15) is 0 Å². The summed E-state index contributed by atoms with van der Waals surface area (Å²) in [5.41, 5.74) is 1.70. The van der Waals surface area contributed by atoms with Crippen molar-refractivity contribution in [2.24, 2.45) is 0 Å². The number of rotatable bonds is 1. The van der Waals surface area contributed by atoms with Crippen LogP contribution in [0.1, 0.15) is 4.88 Å². The maximum atomic E-state index is 8.40. The molecule has 0 saturated heterocycles. The Labute approximate surface area is 69.8 Å². The molecular weight excluding hydrogens is 181 g/mol. The lowest BCUT2D eigenvalue weighted by Crippen LogP contribution is -1.70. The van der Waals surface area contributed by atoms with Crippen molar-refractivity contribution in [2.75, 3.05) is 0 Å². The van der Waals surface area contributed by atoms with Crippen molar-refractivity contribution in [1.29, 1.82) is 0 Å². The standard InChI is InChI=1S/C4H5NOS.2ClH/c6-2-4-1-5-3-7-4;;/h1,3,6H,2H2;2*1H. The highest BCUT2D eigenvalue weighted by Crippen LogP contribution is 2.02. The van der Waals surface area contributed by atoms with Crippen LogP contribution in [0.5, 0.6) is 0 Å². The van der Waals surface area contributed by atoms with Gasteiger partial charge in [-0.25, -0.2) is 0 Å². The van der Waals surface area contributed by atoms with Crippen molar-refractivity contribution >= 4 is 36.2 Å². The Bertz CT molecular complexity index is 133. The second kappa shape index (κ2) is 6.29. The molecule has 5 heteroatoms. The molecule has 54 valence electrons. The van der Waals surface area contributed by atoms with Gasteiger partial charge >= 0.3 is 0 Å². The van der Waals surface area contributed by atoms with Crippen LogP contribution in [0.25, 0.3) is 0 Å². The van der Waals surface area contributed by atoms with Crippen LogP contribution in [-0.2, 0) is 6.61 Å². The van der Waals surface area contributed by atoms with Crippen molar-refractivity contribution in [3.63, 3.8) is 0 Å². The normalized spacial score (nSPS) is 7.22. The topological polar surface area (TPSA) is 33.1 Å². The van der Waals surface area contributed by atoms with E-state index in [1.807, 2.05) is 0 Å². The van der Waals surface area contributed by atoms with Crippen LogP contribution < -0.4 is 0 Å². The van der Waals surface area contributed by atoms with E-state index >= 15 is 0 Å². The minimum absolute atomic E-state index is 0. The van der Waals surface area contributed by atoms with Crippen LogP contribution in [0.15, 0.2) is 11.7 Å². The van der Waals surface area contributed by atoms with E-state index in [0.717, 1.165) is 4.88 Å². The molecule has 0 atom stereocenters. The minimum atomic E-state index is 0. The fourth-order valence-corrected chi connectivity index (χ4v) is 0.774. The summed E-state index contributed by atoms with van der Waals surface area (Å²) >= 11 is 1.46. The van der Waals surface area contributed by atoms with Gasteiger partial charge in [-0.1, -0.05) is 0 Å². The molecule has 0 bridgehead atoms. The van der Waals surface area contributed by atoms with E-state index in [1.54, 1.807) is 11.7 Å². The highest BCUT2D eigenvalue weighted by molar-refractivity contribution is 7.09. The van der Waals surface area contributed by atoms with Crippen LogP contribution >= 0.6 is 36.2 Å². The van der Waals surface area contributed by atoms with Crippen LogP contribution in [0.3, 0.4) is 0 Å². The fourth-order valence-electron chi connectivity index (χ4n) is 0.320. The molecule has 0 spiro atoms. The number of hydrogen-bond acceptors (Lipinski definition) is 3. The monoisotopic (exact) mass is 187 g/mol. The molecule has 0 aliphatic rings. The van der Waals surface area contributed by atoms with Crippen LogP contribution in [0, 0.1) is 0 Å². The van der Waals surface area contributed by atoms with Crippen molar-refractivity contribution in [3.8, 4) is 0 Å². The lowest BCUT2D eigenvalue weighted by Gasteiger charge is -1.76. The van der Waals surface area contributed by atoms with E-state index in [-0.39, 0.29) is 31.4 Å². The van der Waals surface area contributed by atoms with Crippen LogP contribution in [-0.4, -0.2) is 10.1 Å². The third kappa shape index (κ3) is 3.70. The van der Waals surface area contributed by atoms with Gasteiger partial charge in [-0.15, -0.1) is 36.2 Å². The maximum Gasteiger partial charge on any atom is 0.0795 e. The molecule has 0 radical (unpaired) electrons. The third-order valence-corrected chi connectivity index (χ3v) is 1.40. The molecule has 1 aromatic heterocycles. The van der Waals surface area contributed by atoms with Gasteiger partial charge in [0.15, 0.2) is 0 Å². The molecule has 1 rings (SSSR count). The van der Waals surface area contributed by atoms with Gasteiger partial charge in [0.25, 0.3) is 0 Å². The first-order chi connectivity index (χ1) is 3.43. The second-order valence-electron chi connectivity index (χ2n) is 1.13. The molecule has 0 saturated carbocycles. The first-order valence-electron chi connectivity index (χ1n) is 1.91. The van der Waals surface area contributed by atoms with Crippen molar-refractivity contribution < 1.29 is 5.11 Å². The molecular formula is C4H7Cl2NOS. The molecule has 0 aliphatic heterocycles. The van der Waals surface area contributed by atoms with Crippen LogP contribution in [0.2, 0.25) is 0 Å². The van der Waals surface area contributed by atoms with Gasteiger partial charge in [-0.3, -0.25) is 4.98 Å². The Morgan fingerprint density at radius 2 is 2.22 bits per heavy atom. The lowest BCUT2D eigenvalue weighted by atomic mass is 10.6. The zero-order chi connectivity index (χ0) is 5.11. The zero-order valence-corrected chi connectivity index (χ0v) is 6.93. The molecule has 1 heterocycles. The number of aliphatic hydroxyl groups is 1. The predicted octanol–water partition coefficient (Wildman–Crippen LogP) is 1.48. The Morgan fingerprint density at radius 1 is 1.56 bits per heavy atom.